The topological polar surface area (TPSA) is 81.7 Å². The number of ether oxygens (including phenoxy) is 2. The second kappa shape index (κ2) is 8.92. The van der Waals surface area contributed by atoms with Crippen LogP contribution in [-0.2, 0) is 30.3 Å². The maximum Gasteiger partial charge on any atom is 0.347 e. The number of esters is 2. The van der Waals surface area contributed by atoms with Crippen molar-refractivity contribution >= 4 is 17.8 Å². The Bertz CT molecular complexity index is 541. The van der Waals surface area contributed by atoms with E-state index in [1.807, 2.05) is 30.3 Å². The molecule has 0 radical (unpaired) electrons. The Kier molecular flexibility index (Phi) is 7.25. The Labute approximate surface area is 136 Å². The Hall–Kier alpha value is -2.37. The Morgan fingerprint density at radius 1 is 1.04 bits per heavy atom. The van der Waals surface area contributed by atoms with Crippen LogP contribution in [0.2, 0.25) is 0 Å². The summed E-state index contributed by atoms with van der Waals surface area (Å²) in [6, 6.07) is 8.34. The predicted octanol–water partition coefficient (Wildman–Crippen LogP) is 1.47. The van der Waals surface area contributed by atoms with Gasteiger partial charge in [0.1, 0.15) is 6.04 Å². The van der Waals surface area contributed by atoms with Gasteiger partial charge in [-0.1, -0.05) is 44.2 Å². The molecule has 6 heteroatoms. The number of carbonyl (C=O) groups excluding carboxylic acids is 3. The molecule has 23 heavy (non-hydrogen) atoms. The van der Waals surface area contributed by atoms with Crippen molar-refractivity contribution in [2.45, 2.75) is 39.3 Å². The van der Waals surface area contributed by atoms with Gasteiger partial charge in [0.25, 0.3) is 0 Å². The fourth-order valence-electron chi connectivity index (χ4n) is 1.93. The van der Waals surface area contributed by atoms with E-state index in [-0.39, 0.29) is 18.2 Å². The molecule has 0 aliphatic rings. The number of methoxy groups -OCH3 is 1. The summed E-state index contributed by atoms with van der Waals surface area (Å²) < 4.78 is 9.76. The van der Waals surface area contributed by atoms with Crippen LogP contribution in [0.1, 0.15) is 26.3 Å². The summed E-state index contributed by atoms with van der Waals surface area (Å²) in [5.74, 6) is -1.80. The molecule has 1 amide bonds. The molecule has 1 rings (SSSR count). The molecule has 0 fully saturated rings. The molecular formula is C17H23NO5. The average molecular weight is 321 g/mol. The molecule has 0 saturated carbocycles. The zero-order chi connectivity index (χ0) is 17.4. The summed E-state index contributed by atoms with van der Waals surface area (Å²) in [6.45, 7) is 5.00. The van der Waals surface area contributed by atoms with Crippen LogP contribution in [0.15, 0.2) is 30.3 Å². The molecule has 1 aromatic carbocycles. The van der Waals surface area contributed by atoms with Gasteiger partial charge in [0.05, 0.1) is 13.5 Å². The Balaban J connectivity index is 2.55. The summed E-state index contributed by atoms with van der Waals surface area (Å²) >= 11 is 0. The van der Waals surface area contributed by atoms with Crippen molar-refractivity contribution in [2.75, 3.05) is 7.11 Å². The van der Waals surface area contributed by atoms with Gasteiger partial charge in [-0.2, -0.15) is 0 Å². The van der Waals surface area contributed by atoms with Crippen LogP contribution in [0.3, 0.4) is 0 Å². The first-order valence-corrected chi connectivity index (χ1v) is 7.46. The molecule has 0 aromatic heterocycles. The quantitative estimate of drug-likeness (QED) is 0.769. The van der Waals surface area contributed by atoms with E-state index < -0.39 is 24.1 Å². The number of hydrogen-bond donors (Lipinski definition) is 1. The largest absolute Gasteiger partial charge is 0.466 e. The van der Waals surface area contributed by atoms with E-state index in [0.29, 0.717) is 0 Å². The lowest BCUT2D eigenvalue weighted by Gasteiger charge is -2.21. The van der Waals surface area contributed by atoms with Crippen LogP contribution in [0.5, 0.6) is 0 Å². The van der Waals surface area contributed by atoms with E-state index in [0.717, 1.165) is 5.56 Å². The third kappa shape index (κ3) is 6.10. The minimum absolute atomic E-state index is 0.170. The maximum absolute atomic E-state index is 12.0. The van der Waals surface area contributed by atoms with Crippen LogP contribution in [-0.4, -0.2) is 37.1 Å². The highest BCUT2D eigenvalue weighted by atomic mass is 16.6. The van der Waals surface area contributed by atoms with E-state index in [2.05, 4.69) is 10.1 Å². The van der Waals surface area contributed by atoms with E-state index in [1.54, 1.807) is 13.8 Å². The van der Waals surface area contributed by atoms with Crippen molar-refractivity contribution < 1.29 is 23.9 Å². The first-order chi connectivity index (χ1) is 10.8. The van der Waals surface area contributed by atoms with Gasteiger partial charge in [0, 0.05) is 5.92 Å². The van der Waals surface area contributed by atoms with Gasteiger partial charge in [-0.25, -0.2) is 9.59 Å². The highest BCUT2D eigenvalue weighted by Gasteiger charge is 2.29. The van der Waals surface area contributed by atoms with E-state index >= 15 is 0 Å². The second-order valence-electron chi connectivity index (χ2n) is 5.58. The fourth-order valence-corrected chi connectivity index (χ4v) is 1.93. The number of nitrogens with one attached hydrogen (secondary N) is 1. The minimum atomic E-state index is -0.985. The molecule has 0 bridgehead atoms. The predicted molar refractivity (Wildman–Crippen MR) is 84.5 cm³/mol. The van der Waals surface area contributed by atoms with E-state index in [1.165, 1.54) is 14.0 Å². The first-order valence-electron chi connectivity index (χ1n) is 7.46. The van der Waals surface area contributed by atoms with Crippen LogP contribution in [0.25, 0.3) is 0 Å². The zero-order valence-electron chi connectivity index (χ0n) is 13.9. The molecule has 6 nitrogen and oxygen atoms in total. The number of amides is 1. The summed E-state index contributed by atoms with van der Waals surface area (Å²) in [5.41, 5.74) is 0.847. The molecule has 2 atom stereocenters. The van der Waals surface area contributed by atoms with Gasteiger partial charge in [0.2, 0.25) is 12.0 Å². The molecule has 0 saturated heterocycles. The van der Waals surface area contributed by atoms with Crippen LogP contribution in [0, 0.1) is 5.92 Å². The molecule has 1 aromatic rings. The van der Waals surface area contributed by atoms with Crippen molar-refractivity contribution in [1.29, 1.82) is 0 Å². The van der Waals surface area contributed by atoms with Crippen LogP contribution >= 0.6 is 0 Å². The van der Waals surface area contributed by atoms with Gasteiger partial charge in [0.15, 0.2) is 0 Å². The van der Waals surface area contributed by atoms with Crippen molar-refractivity contribution in [2.24, 2.45) is 5.92 Å². The molecular weight excluding hydrogens is 298 g/mol. The second-order valence-corrected chi connectivity index (χ2v) is 5.58. The standard InChI is InChI=1S/C17H23NO5/c1-11(2)15(17(21)22-4)23-16(20)12(3)18-14(19)10-13-8-6-5-7-9-13/h5-9,11-12,15H,10H2,1-4H3,(H,18,19)/t12-,15?/m0/s1. The number of benzene rings is 1. The van der Waals surface area contributed by atoms with Gasteiger partial charge >= 0.3 is 11.9 Å². The molecule has 0 aliphatic heterocycles. The van der Waals surface area contributed by atoms with Crippen LogP contribution in [0.4, 0.5) is 0 Å². The third-order valence-electron chi connectivity index (χ3n) is 3.22. The molecule has 0 spiro atoms. The van der Waals surface area contributed by atoms with E-state index in [9.17, 15) is 14.4 Å². The SMILES string of the molecule is COC(=O)C(OC(=O)[C@H](C)NC(=O)Cc1ccccc1)C(C)C. The lowest BCUT2D eigenvalue weighted by Crippen LogP contribution is -2.44. The molecule has 0 aliphatic carbocycles. The van der Waals surface area contributed by atoms with Crippen LogP contribution < -0.4 is 5.32 Å². The molecule has 0 heterocycles. The molecule has 126 valence electrons. The Morgan fingerprint density at radius 2 is 1.65 bits per heavy atom. The fraction of sp³-hybridized carbons (Fsp3) is 0.471. The van der Waals surface area contributed by atoms with Crippen molar-refractivity contribution in [3.8, 4) is 0 Å². The number of rotatable bonds is 7. The lowest BCUT2D eigenvalue weighted by molar-refractivity contribution is -0.170. The highest BCUT2D eigenvalue weighted by Crippen LogP contribution is 2.10. The number of hydrogen-bond acceptors (Lipinski definition) is 5. The summed E-state index contributed by atoms with van der Waals surface area (Å²) in [7, 11) is 1.23. The Morgan fingerprint density at radius 3 is 2.17 bits per heavy atom. The molecule has 1 unspecified atom stereocenters. The van der Waals surface area contributed by atoms with E-state index in [4.69, 9.17) is 4.74 Å². The maximum atomic E-state index is 12.0. The zero-order valence-corrected chi connectivity index (χ0v) is 13.9. The smallest absolute Gasteiger partial charge is 0.347 e. The number of carbonyl (C=O) groups is 3. The van der Waals surface area contributed by atoms with Crippen molar-refractivity contribution in [3.63, 3.8) is 0 Å². The highest BCUT2D eigenvalue weighted by molar-refractivity contribution is 5.87. The van der Waals surface area contributed by atoms with Gasteiger partial charge < -0.3 is 14.8 Å². The summed E-state index contributed by atoms with van der Waals surface area (Å²) in [6.07, 6.45) is -0.815. The summed E-state index contributed by atoms with van der Waals surface area (Å²) in [4.78, 5) is 35.5. The summed E-state index contributed by atoms with van der Waals surface area (Å²) in [5, 5.41) is 2.56. The van der Waals surface area contributed by atoms with Gasteiger partial charge in [-0.3, -0.25) is 4.79 Å². The van der Waals surface area contributed by atoms with Gasteiger partial charge in [-0.05, 0) is 12.5 Å². The monoisotopic (exact) mass is 321 g/mol. The van der Waals surface area contributed by atoms with Crippen molar-refractivity contribution in [1.82, 2.24) is 5.32 Å². The van der Waals surface area contributed by atoms with Crippen molar-refractivity contribution in [3.05, 3.63) is 35.9 Å². The minimum Gasteiger partial charge on any atom is -0.466 e. The molecule has 1 N–H and O–H groups in total. The van der Waals surface area contributed by atoms with Gasteiger partial charge in [-0.15, -0.1) is 0 Å². The lowest BCUT2D eigenvalue weighted by atomic mass is 10.1. The third-order valence-corrected chi connectivity index (χ3v) is 3.22. The first kappa shape index (κ1) is 18.7. The normalized spacial score (nSPS) is 13.1. The average Bonchev–Trinajstić information content (AvgIpc) is 2.52.